The molecule has 7 heteroatoms. The summed E-state index contributed by atoms with van der Waals surface area (Å²) in [4.78, 5) is 30.1. The first kappa shape index (κ1) is 19.7. The van der Waals surface area contributed by atoms with Crippen molar-refractivity contribution in [3.05, 3.63) is 59.4 Å². The van der Waals surface area contributed by atoms with Crippen molar-refractivity contribution in [3.8, 4) is 5.75 Å². The van der Waals surface area contributed by atoms with Crippen LogP contribution in [0, 0.1) is 0 Å². The third-order valence-electron chi connectivity index (χ3n) is 5.35. The van der Waals surface area contributed by atoms with Gasteiger partial charge in [-0.05, 0) is 53.5 Å². The SMILES string of the molecule is COc1ccc2c(c1)c(CN(C)C(=O)C=Cc1cnc3c(c1)CCC(=O)N3)cn2C. The van der Waals surface area contributed by atoms with Gasteiger partial charge in [-0.2, -0.15) is 0 Å². The number of amides is 2. The molecule has 1 aromatic carbocycles. The molecule has 0 bridgehead atoms. The number of likely N-dealkylation sites (N-methyl/N-ethyl adjacent to an activating group) is 1. The lowest BCUT2D eigenvalue weighted by atomic mass is 10.0. The van der Waals surface area contributed by atoms with Gasteiger partial charge in [0.1, 0.15) is 11.6 Å². The fraction of sp³-hybridized carbons (Fsp3) is 0.261. The van der Waals surface area contributed by atoms with Crippen LogP contribution in [0.1, 0.15) is 23.1 Å². The molecule has 3 aromatic rings. The molecule has 2 amide bonds. The first-order valence-electron chi connectivity index (χ1n) is 9.78. The molecule has 1 aliphatic heterocycles. The molecule has 2 aromatic heterocycles. The van der Waals surface area contributed by atoms with Crippen LogP contribution in [-0.2, 0) is 29.6 Å². The summed E-state index contributed by atoms with van der Waals surface area (Å²) < 4.78 is 7.39. The van der Waals surface area contributed by atoms with Crippen molar-refractivity contribution in [2.45, 2.75) is 19.4 Å². The third kappa shape index (κ3) is 3.91. The molecule has 0 radical (unpaired) electrons. The molecular formula is C23H24N4O3. The summed E-state index contributed by atoms with van der Waals surface area (Å²) in [6.45, 7) is 0.488. The number of aryl methyl sites for hydroxylation is 2. The number of anilines is 1. The van der Waals surface area contributed by atoms with Crippen LogP contribution < -0.4 is 10.1 Å². The minimum Gasteiger partial charge on any atom is -0.497 e. The molecular weight excluding hydrogens is 380 g/mol. The summed E-state index contributed by atoms with van der Waals surface area (Å²) in [7, 11) is 5.42. The smallest absolute Gasteiger partial charge is 0.246 e. The van der Waals surface area contributed by atoms with Gasteiger partial charge < -0.3 is 19.5 Å². The third-order valence-corrected chi connectivity index (χ3v) is 5.35. The number of aromatic nitrogens is 2. The molecule has 1 aliphatic rings. The van der Waals surface area contributed by atoms with Gasteiger partial charge in [-0.25, -0.2) is 4.98 Å². The normalized spacial score (nSPS) is 13.4. The number of hydrogen-bond donors (Lipinski definition) is 1. The molecule has 1 N–H and O–H groups in total. The summed E-state index contributed by atoms with van der Waals surface area (Å²) in [5.41, 5.74) is 3.97. The standard InChI is InChI=1S/C23H24N4O3/c1-26-13-17(19-11-18(30-3)6-7-20(19)26)14-27(2)22(29)9-4-15-10-16-5-8-21(28)25-23(16)24-12-15/h4,6-7,9-13H,5,8,14H2,1-3H3,(H,24,25,28). The average Bonchev–Trinajstić information content (AvgIpc) is 3.06. The number of carbonyl (C=O) groups excluding carboxylic acids is 2. The summed E-state index contributed by atoms with van der Waals surface area (Å²) >= 11 is 0. The quantitative estimate of drug-likeness (QED) is 0.663. The number of pyridine rings is 1. The Morgan fingerprint density at radius 3 is 2.97 bits per heavy atom. The van der Waals surface area contributed by atoms with Crippen molar-refractivity contribution < 1.29 is 14.3 Å². The number of benzene rings is 1. The zero-order valence-electron chi connectivity index (χ0n) is 17.3. The van der Waals surface area contributed by atoms with Crippen LogP contribution in [-0.4, -0.2) is 40.4 Å². The van der Waals surface area contributed by atoms with E-state index in [0.717, 1.165) is 33.3 Å². The Morgan fingerprint density at radius 2 is 2.17 bits per heavy atom. The van der Waals surface area contributed by atoms with E-state index in [-0.39, 0.29) is 11.8 Å². The average molecular weight is 404 g/mol. The molecule has 0 atom stereocenters. The molecule has 4 rings (SSSR count). The Bertz CT molecular complexity index is 1160. The highest BCUT2D eigenvalue weighted by Gasteiger charge is 2.16. The van der Waals surface area contributed by atoms with E-state index in [1.54, 1.807) is 37.4 Å². The summed E-state index contributed by atoms with van der Waals surface area (Å²) in [6.07, 6.45) is 8.13. The second-order valence-corrected chi connectivity index (χ2v) is 7.50. The highest BCUT2D eigenvalue weighted by Crippen LogP contribution is 2.26. The van der Waals surface area contributed by atoms with Crippen LogP contribution in [0.3, 0.4) is 0 Å². The van der Waals surface area contributed by atoms with E-state index in [1.165, 1.54) is 0 Å². The number of carbonyl (C=O) groups is 2. The first-order chi connectivity index (χ1) is 14.4. The number of rotatable bonds is 5. The maximum Gasteiger partial charge on any atom is 0.246 e. The highest BCUT2D eigenvalue weighted by atomic mass is 16.5. The number of nitrogens with one attached hydrogen (secondary N) is 1. The van der Waals surface area contributed by atoms with Gasteiger partial charge in [0.15, 0.2) is 0 Å². The Morgan fingerprint density at radius 1 is 1.33 bits per heavy atom. The fourth-order valence-electron chi connectivity index (χ4n) is 3.70. The van der Waals surface area contributed by atoms with Gasteiger partial charge >= 0.3 is 0 Å². The summed E-state index contributed by atoms with van der Waals surface area (Å²) in [5.74, 6) is 1.29. The van der Waals surface area contributed by atoms with Crippen molar-refractivity contribution in [1.29, 1.82) is 0 Å². The lowest BCUT2D eigenvalue weighted by Crippen LogP contribution is -2.24. The predicted octanol–water partition coefficient (Wildman–Crippen LogP) is 3.14. The molecule has 0 spiro atoms. The van der Waals surface area contributed by atoms with Crippen LogP contribution in [0.25, 0.3) is 17.0 Å². The van der Waals surface area contributed by atoms with E-state index in [2.05, 4.69) is 14.9 Å². The monoisotopic (exact) mass is 404 g/mol. The number of hydrogen-bond acceptors (Lipinski definition) is 4. The van der Waals surface area contributed by atoms with Crippen LogP contribution in [0.15, 0.2) is 42.7 Å². The number of nitrogens with zero attached hydrogens (tertiary/aromatic N) is 3. The molecule has 0 aliphatic carbocycles. The molecule has 3 heterocycles. The van der Waals surface area contributed by atoms with Crippen LogP contribution in [0.2, 0.25) is 0 Å². The van der Waals surface area contributed by atoms with Gasteiger partial charge in [-0.15, -0.1) is 0 Å². The van der Waals surface area contributed by atoms with E-state index in [4.69, 9.17) is 4.74 Å². The van der Waals surface area contributed by atoms with Crippen LogP contribution in [0.5, 0.6) is 5.75 Å². The van der Waals surface area contributed by atoms with Gasteiger partial charge in [0.05, 0.1) is 7.11 Å². The van der Waals surface area contributed by atoms with Gasteiger partial charge in [-0.3, -0.25) is 9.59 Å². The van der Waals surface area contributed by atoms with Gasteiger partial charge in [0.25, 0.3) is 0 Å². The lowest BCUT2D eigenvalue weighted by molar-refractivity contribution is -0.125. The van der Waals surface area contributed by atoms with Gasteiger partial charge in [0.2, 0.25) is 11.8 Å². The fourth-order valence-corrected chi connectivity index (χ4v) is 3.70. The maximum atomic E-state index is 12.6. The molecule has 0 saturated carbocycles. The van der Waals surface area contributed by atoms with Crippen molar-refractivity contribution in [2.75, 3.05) is 19.5 Å². The number of ether oxygens (including phenoxy) is 1. The van der Waals surface area contributed by atoms with E-state index in [0.29, 0.717) is 25.2 Å². The van der Waals surface area contributed by atoms with E-state index in [1.807, 2.05) is 37.5 Å². The number of methoxy groups -OCH3 is 1. The lowest BCUT2D eigenvalue weighted by Gasteiger charge is -2.16. The zero-order valence-corrected chi connectivity index (χ0v) is 17.3. The number of fused-ring (bicyclic) bond motifs is 2. The Labute approximate surface area is 175 Å². The zero-order chi connectivity index (χ0) is 21.3. The van der Waals surface area contributed by atoms with Crippen LogP contribution >= 0.6 is 0 Å². The minimum absolute atomic E-state index is 0.0128. The Balaban J connectivity index is 1.48. The molecule has 7 nitrogen and oxygen atoms in total. The minimum atomic E-state index is -0.0964. The summed E-state index contributed by atoms with van der Waals surface area (Å²) in [6, 6.07) is 7.91. The van der Waals surface area contributed by atoms with Gasteiger partial charge in [0, 0.05) is 56.4 Å². The molecule has 0 fully saturated rings. The summed E-state index contributed by atoms with van der Waals surface area (Å²) in [5, 5.41) is 3.83. The largest absolute Gasteiger partial charge is 0.497 e. The highest BCUT2D eigenvalue weighted by molar-refractivity contribution is 5.94. The Hall–Kier alpha value is -3.61. The second-order valence-electron chi connectivity index (χ2n) is 7.50. The van der Waals surface area contributed by atoms with E-state index < -0.39 is 0 Å². The molecule has 0 saturated heterocycles. The molecule has 154 valence electrons. The van der Waals surface area contributed by atoms with Crippen molar-refractivity contribution in [3.63, 3.8) is 0 Å². The van der Waals surface area contributed by atoms with Crippen molar-refractivity contribution >= 4 is 34.6 Å². The van der Waals surface area contributed by atoms with E-state index in [9.17, 15) is 9.59 Å². The molecule has 30 heavy (non-hydrogen) atoms. The molecule has 0 unspecified atom stereocenters. The van der Waals surface area contributed by atoms with Gasteiger partial charge in [-0.1, -0.05) is 0 Å². The predicted molar refractivity (Wildman–Crippen MR) is 116 cm³/mol. The Kier molecular flexibility index (Phi) is 5.27. The van der Waals surface area contributed by atoms with Crippen LogP contribution in [0.4, 0.5) is 5.82 Å². The second kappa shape index (κ2) is 8.02. The first-order valence-corrected chi connectivity index (χ1v) is 9.78. The maximum absolute atomic E-state index is 12.6. The van der Waals surface area contributed by atoms with Crippen molar-refractivity contribution in [2.24, 2.45) is 7.05 Å². The van der Waals surface area contributed by atoms with E-state index >= 15 is 0 Å². The topological polar surface area (TPSA) is 76.5 Å². The van der Waals surface area contributed by atoms with Crippen molar-refractivity contribution in [1.82, 2.24) is 14.5 Å².